The van der Waals surface area contributed by atoms with Crippen LogP contribution in [0.1, 0.15) is 245 Å². The van der Waals surface area contributed by atoms with Crippen LogP contribution in [0.4, 0.5) is 0 Å². The fourth-order valence-electron chi connectivity index (χ4n) is 7.06. The van der Waals surface area contributed by atoms with Crippen LogP contribution in [-0.2, 0) is 28.6 Å². The predicted octanol–water partition coefficient (Wildman–Crippen LogP) is 17.0. The highest BCUT2D eigenvalue weighted by Gasteiger charge is 2.19. The van der Waals surface area contributed by atoms with Gasteiger partial charge in [0.2, 0.25) is 0 Å². The van der Waals surface area contributed by atoms with Gasteiger partial charge in [-0.25, -0.2) is 0 Å². The zero-order valence-electron chi connectivity index (χ0n) is 40.6. The summed E-state index contributed by atoms with van der Waals surface area (Å²) in [4.78, 5) is 38.0. The fourth-order valence-corrected chi connectivity index (χ4v) is 7.06. The van der Waals surface area contributed by atoms with Crippen LogP contribution in [0, 0.1) is 0 Å². The van der Waals surface area contributed by atoms with Gasteiger partial charge in [0.05, 0.1) is 0 Å². The summed E-state index contributed by atoms with van der Waals surface area (Å²) in [6.45, 7) is 6.46. The standard InChI is InChI=1S/C56H96O6/c1-4-7-10-13-16-19-22-25-27-28-29-30-32-34-37-40-43-46-49-55(58)61-52-53(51-60-54(57)48-45-42-39-36-33-24-21-18-15-12-9-6-3)62-56(59)50-47-44-41-38-35-31-26-23-20-17-14-11-8-5-2/h8,11,17-18,20-22,25,27-30,53H,4-7,9-10,12-16,19,23-24,26,31-52H2,1-3H3/b11-8-,20-17-,21-18-,25-22-,28-27-,30-29-. The zero-order chi connectivity index (χ0) is 45.1. The van der Waals surface area contributed by atoms with Crippen molar-refractivity contribution in [3.8, 4) is 0 Å². The minimum Gasteiger partial charge on any atom is -0.462 e. The number of unbranched alkanes of at least 4 members (excludes halogenated alkanes) is 25. The van der Waals surface area contributed by atoms with Gasteiger partial charge in [0.15, 0.2) is 6.10 Å². The Bertz CT molecular complexity index is 1180. The molecular weight excluding hydrogens is 769 g/mol. The monoisotopic (exact) mass is 865 g/mol. The molecule has 0 aromatic heterocycles. The molecule has 0 aliphatic heterocycles. The number of carbonyl (C=O) groups is 3. The maximum Gasteiger partial charge on any atom is 0.306 e. The molecule has 6 nitrogen and oxygen atoms in total. The van der Waals surface area contributed by atoms with Crippen molar-refractivity contribution in [1.29, 1.82) is 0 Å². The highest BCUT2D eigenvalue weighted by molar-refractivity contribution is 5.71. The number of carbonyl (C=O) groups excluding carboxylic acids is 3. The van der Waals surface area contributed by atoms with Crippen LogP contribution in [0.3, 0.4) is 0 Å². The molecule has 0 heterocycles. The molecule has 1 atom stereocenters. The van der Waals surface area contributed by atoms with Gasteiger partial charge in [-0.1, -0.05) is 203 Å². The van der Waals surface area contributed by atoms with Crippen molar-refractivity contribution < 1.29 is 28.6 Å². The van der Waals surface area contributed by atoms with Gasteiger partial charge in [-0.05, 0) is 96.3 Å². The minimum absolute atomic E-state index is 0.0901. The number of hydrogen-bond acceptors (Lipinski definition) is 6. The molecule has 0 spiro atoms. The van der Waals surface area contributed by atoms with Crippen LogP contribution in [0.15, 0.2) is 72.9 Å². The van der Waals surface area contributed by atoms with Crippen LogP contribution in [0.25, 0.3) is 0 Å². The third kappa shape index (κ3) is 47.9. The van der Waals surface area contributed by atoms with Crippen LogP contribution in [0.2, 0.25) is 0 Å². The molecular formula is C56H96O6. The van der Waals surface area contributed by atoms with Crippen molar-refractivity contribution in [3.05, 3.63) is 72.9 Å². The van der Waals surface area contributed by atoms with Crippen molar-refractivity contribution in [3.63, 3.8) is 0 Å². The molecule has 0 aromatic carbocycles. The average Bonchev–Trinajstić information content (AvgIpc) is 3.27. The zero-order valence-corrected chi connectivity index (χ0v) is 40.6. The lowest BCUT2D eigenvalue weighted by Crippen LogP contribution is -2.30. The Morgan fingerprint density at radius 1 is 0.355 bits per heavy atom. The molecule has 0 N–H and O–H groups in total. The minimum atomic E-state index is -0.790. The molecule has 0 radical (unpaired) electrons. The van der Waals surface area contributed by atoms with Crippen LogP contribution < -0.4 is 0 Å². The van der Waals surface area contributed by atoms with E-state index >= 15 is 0 Å². The average molecular weight is 865 g/mol. The second-order valence-electron chi connectivity index (χ2n) is 17.1. The Kier molecular flexibility index (Phi) is 47.9. The molecule has 0 saturated carbocycles. The molecule has 62 heavy (non-hydrogen) atoms. The van der Waals surface area contributed by atoms with E-state index in [4.69, 9.17) is 14.2 Å². The Balaban J connectivity index is 4.43. The highest BCUT2D eigenvalue weighted by Crippen LogP contribution is 2.14. The third-order valence-corrected chi connectivity index (χ3v) is 11.0. The van der Waals surface area contributed by atoms with E-state index in [9.17, 15) is 14.4 Å². The molecule has 0 rings (SSSR count). The summed E-state index contributed by atoms with van der Waals surface area (Å²) in [5, 5.41) is 0. The third-order valence-electron chi connectivity index (χ3n) is 11.0. The van der Waals surface area contributed by atoms with Gasteiger partial charge in [0, 0.05) is 19.3 Å². The lowest BCUT2D eigenvalue weighted by molar-refractivity contribution is -0.167. The number of hydrogen-bond donors (Lipinski definition) is 0. The van der Waals surface area contributed by atoms with Crippen molar-refractivity contribution in [2.45, 2.75) is 252 Å². The first-order chi connectivity index (χ1) is 30.5. The molecule has 0 aliphatic carbocycles. The normalized spacial score (nSPS) is 12.6. The van der Waals surface area contributed by atoms with E-state index in [1.165, 1.54) is 103 Å². The fraction of sp³-hybridized carbons (Fsp3) is 0.732. The molecule has 0 amide bonds. The van der Waals surface area contributed by atoms with Gasteiger partial charge in [0.25, 0.3) is 0 Å². The van der Waals surface area contributed by atoms with Gasteiger partial charge >= 0.3 is 17.9 Å². The molecule has 0 aliphatic rings. The SMILES string of the molecule is CC/C=C\C/C=C\CCCCCCCCCC(=O)OC(COC(=O)CCCCCCC\C=C/C=C\C=C/CCCCCCC)COC(=O)CCCCCCC/C=C\CCCCC. The lowest BCUT2D eigenvalue weighted by atomic mass is 10.1. The van der Waals surface area contributed by atoms with Gasteiger partial charge in [-0.2, -0.15) is 0 Å². The van der Waals surface area contributed by atoms with E-state index in [0.717, 1.165) is 103 Å². The molecule has 0 fully saturated rings. The van der Waals surface area contributed by atoms with Crippen molar-refractivity contribution in [2.75, 3.05) is 13.2 Å². The number of ether oxygens (including phenoxy) is 3. The first-order valence-corrected chi connectivity index (χ1v) is 26.0. The van der Waals surface area contributed by atoms with Crippen molar-refractivity contribution >= 4 is 17.9 Å². The quantitative estimate of drug-likeness (QED) is 0.0199. The van der Waals surface area contributed by atoms with Gasteiger partial charge in [-0.15, -0.1) is 0 Å². The second kappa shape index (κ2) is 50.5. The van der Waals surface area contributed by atoms with E-state index in [2.05, 4.69) is 93.7 Å². The maximum absolute atomic E-state index is 12.8. The first-order valence-electron chi connectivity index (χ1n) is 26.0. The molecule has 1 unspecified atom stereocenters. The van der Waals surface area contributed by atoms with Gasteiger partial charge < -0.3 is 14.2 Å². The smallest absolute Gasteiger partial charge is 0.306 e. The maximum atomic E-state index is 12.8. The number of esters is 3. The van der Waals surface area contributed by atoms with E-state index in [1.54, 1.807) is 0 Å². The summed E-state index contributed by atoms with van der Waals surface area (Å²) < 4.78 is 16.8. The summed E-state index contributed by atoms with van der Waals surface area (Å²) in [6.07, 6.45) is 63.1. The molecule has 356 valence electrons. The van der Waals surface area contributed by atoms with Crippen molar-refractivity contribution in [1.82, 2.24) is 0 Å². The van der Waals surface area contributed by atoms with Crippen molar-refractivity contribution in [2.24, 2.45) is 0 Å². The Morgan fingerprint density at radius 3 is 1.15 bits per heavy atom. The molecule has 0 aromatic rings. The summed E-state index contributed by atoms with van der Waals surface area (Å²) >= 11 is 0. The Morgan fingerprint density at radius 2 is 0.694 bits per heavy atom. The van der Waals surface area contributed by atoms with E-state index in [1.807, 2.05) is 0 Å². The Labute approximate surface area is 382 Å². The predicted molar refractivity (Wildman–Crippen MR) is 265 cm³/mol. The lowest BCUT2D eigenvalue weighted by Gasteiger charge is -2.18. The van der Waals surface area contributed by atoms with Gasteiger partial charge in [-0.3, -0.25) is 14.4 Å². The topological polar surface area (TPSA) is 78.9 Å². The first kappa shape index (κ1) is 58.9. The number of rotatable bonds is 46. The summed E-state index contributed by atoms with van der Waals surface area (Å²) in [7, 11) is 0. The van der Waals surface area contributed by atoms with Crippen LogP contribution in [-0.4, -0.2) is 37.2 Å². The summed E-state index contributed by atoms with van der Waals surface area (Å²) in [6, 6.07) is 0. The van der Waals surface area contributed by atoms with E-state index in [0.29, 0.717) is 19.3 Å². The van der Waals surface area contributed by atoms with E-state index in [-0.39, 0.29) is 31.1 Å². The second-order valence-corrected chi connectivity index (χ2v) is 17.1. The largest absolute Gasteiger partial charge is 0.462 e. The summed E-state index contributed by atoms with van der Waals surface area (Å²) in [5.41, 5.74) is 0. The van der Waals surface area contributed by atoms with E-state index < -0.39 is 6.10 Å². The van der Waals surface area contributed by atoms with Crippen LogP contribution in [0.5, 0.6) is 0 Å². The van der Waals surface area contributed by atoms with Gasteiger partial charge in [0.1, 0.15) is 13.2 Å². The molecule has 0 saturated heterocycles. The molecule has 6 heteroatoms. The Hall–Kier alpha value is -3.15. The van der Waals surface area contributed by atoms with Crippen LogP contribution >= 0.6 is 0 Å². The summed E-state index contributed by atoms with van der Waals surface area (Å²) in [5.74, 6) is -0.926. The number of allylic oxidation sites excluding steroid dienone is 12. The molecule has 0 bridgehead atoms. The highest BCUT2D eigenvalue weighted by atomic mass is 16.6.